The van der Waals surface area contributed by atoms with Crippen molar-refractivity contribution in [1.29, 1.82) is 0 Å². The average Bonchev–Trinajstić information content (AvgIpc) is 2.30. The zero-order chi connectivity index (χ0) is 12.6. The quantitative estimate of drug-likeness (QED) is 0.574. The van der Waals surface area contributed by atoms with Crippen LogP contribution in [-0.2, 0) is 18.4 Å². The molecule has 1 aliphatic heterocycles. The fourth-order valence-corrected chi connectivity index (χ4v) is 3.65. The monoisotopic (exact) mass is 262 g/mol. The second-order valence-electron chi connectivity index (χ2n) is 6.05. The third-order valence-electron chi connectivity index (χ3n) is 1.95. The van der Waals surface area contributed by atoms with Crippen molar-refractivity contribution in [2.75, 3.05) is 6.61 Å². The van der Waals surface area contributed by atoms with Gasteiger partial charge >= 0.3 is 5.97 Å². The standard InChI is InChI=1S/C10H22O4Si2/c1-15(2,3)13-8-7-12-10(11)9(8)14-16(4,5)6/h8-9H,7H2,1-6H3. The zero-order valence-corrected chi connectivity index (χ0v) is 13.0. The largest absolute Gasteiger partial charge is 0.461 e. The van der Waals surface area contributed by atoms with Crippen LogP contribution in [0.15, 0.2) is 0 Å². The summed E-state index contributed by atoms with van der Waals surface area (Å²) in [4.78, 5) is 11.6. The summed E-state index contributed by atoms with van der Waals surface area (Å²) < 4.78 is 16.8. The molecule has 2 unspecified atom stereocenters. The van der Waals surface area contributed by atoms with Gasteiger partial charge in [-0.3, -0.25) is 0 Å². The van der Waals surface area contributed by atoms with Gasteiger partial charge < -0.3 is 13.6 Å². The smallest absolute Gasteiger partial charge is 0.336 e. The molecule has 0 bridgehead atoms. The van der Waals surface area contributed by atoms with Gasteiger partial charge in [-0.05, 0) is 39.3 Å². The lowest BCUT2D eigenvalue weighted by Crippen LogP contribution is -2.45. The molecule has 0 amide bonds. The Hall–Kier alpha value is -0.176. The molecule has 1 aliphatic rings. The van der Waals surface area contributed by atoms with Gasteiger partial charge in [0.1, 0.15) is 12.7 Å². The molecule has 0 N–H and O–H groups in total. The minimum absolute atomic E-state index is 0.217. The first-order valence-electron chi connectivity index (χ1n) is 5.61. The molecule has 16 heavy (non-hydrogen) atoms. The highest BCUT2D eigenvalue weighted by Crippen LogP contribution is 2.22. The number of carbonyl (C=O) groups is 1. The Kier molecular flexibility index (Phi) is 3.99. The maximum atomic E-state index is 11.6. The van der Waals surface area contributed by atoms with Crippen molar-refractivity contribution in [3.63, 3.8) is 0 Å². The van der Waals surface area contributed by atoms with E-state index in [-0.39, 0.29) is 12.1 Å². The van der Waals surface area contributed by atoms with Crippen LogP contribution in [0.1, 0.15) is 0 Å². The lowest BCUT2D eigenvalue weighted by atomic mass is 10.3. The second kappa shape index (κ2) is 4.60. The van der Waals surface area contributed by atoms with Crippen LogP contribution in [0.2, 0.25) is 39.3 Å². The van der Waals surface area contributed by atoms with Crippen LogP contribution >= 0.6 is 0 Å². The molecular weight excluding hydrogens is 240 g/mol. The first-order valence-corrected chi connectivity index (χ1v) is 12.4. The summed E-state index contributed by atoms with van der Waals surface area (Å²) in [6.07, 6.45) is -0.732. The van der Waals surface area contributed by atoms with E-state index in [0.29, 0.717) is 6.61 Å². The van der Waals surface area contributed by atoms with E-state index in [9.17, 15) is 4.79 Å². The number of hydrogen-bond donors (Lipinski definition) is 0. The van der Waals surface area contributed by atoms with Crippen molar-refractivity contribution < 1.29 is 18.4 Å². The van der Waals surface area contributed by atoms with Gasteiger partial charge in [-0.1, -0.05) is 0 Å². The summed E-state index contributed by atoms with van der Waals surface area (Å²) >= 11 is 0. The molecule has 1 fully saturated rings. The van der Waals surface area contributed by atoms with Crippen LogP contribution < -0.4 is 0 Å². The molecule has 6 heteroatoms. The Balaban J connectivity index is 2.67. The maximum absolute atomic E-state index is 11.6. The van der Waals surface area contributed by atoms with Gasteiger partial charge in [0.25, 0.3) is 0 Å². The lowest BCUT2D eigenvalue weighted by molar-refractivity contribution is -0.144. The van der Waals surface area contributed by atoms with Crippen LogP contribution in [0.5, 0.6) is 0 Å². The zero-order valence-electron chi connectivity index (χ0n) is 11.0. The molecule has 0 saturated carbocycles. The second-order valence-corrected chi connectivity index (χ2v) is 15.0. The molecular formula is C10H22O4Si2. The van der Waals surface area contributed by atoms with Gasteiger partial charge in [-0.2, -0.15) is 0 Å². The van der Waals surface area contributed by atoms with Gasteiger partial charge in [0.2, 0.25) is 0 Å². The maximum Gasteiger partial charge on any atom is 0.336 e. The third kappa shape index (κ3) is 4.36. The van der Waals surface area contributed by atoms with E-state index in [1.165, 1.54) is 0 Å². The molecule has 4 nitrogen and oxygen atoms in total. The van der Waals surface area contributed by atoms with Gasteiger partial charge in [0, 0.05) is 0 Å². The van der Waals surface area contributed by atoms with Gasteiger partial charge in [0.15, 0.2) is 22.7 Å². The van der Waals surface area contributed by atoms with Crippen molar-refractivity contribution in [3.05, 3.63) is 0 Å². The van der Waals surface area contributed by atoms with E-state index in [1.54, 1.807) is 0 Å². The van der Waals surface area contributed by atoms with E-state index in [4.69, 9.17) is 13.6 Å². The Morgan fingerprint density at radius 3 is 2.00 bits per heavy atom. The van der Waals surface area contributed by atoms with Crippen LogP contribution in [0, 0.1) is 0 Å². The lowest BCUT2D eigenvalue weighted by Gasteiger charge is -2.28. The van der Waals surface area contributed by atoms with Crippen LogP contribution in [-0.4, -0.2) is 41.4 Å². The van der Waals surface area contributed by atoms with Gasteiger partial charge in [0.05, 0.1) is 0 Å². The summed E-state index contributed by atoms with van der Waals surface area (Å²) in [5.41, 5.74) is 0. The molecule has 0 aromatic heterocycles. The third-order valence-corrected chi connectivity index (χ3v) is 3.92. The van der Waals surface area contributed by atoms with Crippen molar-refractivity contribution in [2.24, 2.45) is 0 Å². The minimum Gasteiger partial charge on any atom is -0.461 e. The number of carbonyl (C=O) groups excluding carboxylic acids is 1. The van der Waals surface area contributed by atoms with Crippen molar-refractivity contribution >= 4 is 22.6 Å². The van der Waals surface area contributed by atoms with E-state index >= 15 is 0 Å². The van der Waals surface area contributed by atoms with E-state index < -0.39 is 22.7 Å². The first-order chi connectivity index (χ1) is 7.08. The number of cyclic esters (lactones) is 1. The fourth-order valence-electron chi connectivity index (χ4n) is 1.54. The normalized spacial score (nSPS) is 27.0. The Morgan fingerprint density at radius 2 is 1.56 bits per heavy atom. The minimum atomic E-state index is -1.75. The van der Waals surface area contributed by atoms with Gasteiger partial charge in [-0.25, -0.2) is 4.79 Å². The fraction of sp³-hybridized carbons (Fsp3) is 0.900. The van der Waals surface area contributed by atoms with Crippen molar-refractivity contribution in [2.45, 2.75) is 51.5 Å². The topological polar surface area (TPSA) is 44.8 Å². The highest BCUT2D eigenvalue weighted by Gasteiger charge is 2.43. The Bertz CT molecular complexity index is 267. The molecule has 2 atom stereocenters. The van der Waals surface area contributed by atoms with Gasteiger partial charge in [-0.15, -0.1) is 0 Å². The van der Waals surface area contributed by atoms with E-state index in [2.05, 4.69) is 39.3 Å². The first kappa shape index (κ1) is 13.9. The molecule has 0 aromatic rings. The Morgan fingerprint density at radius 1 is 1.06 bits per heavy atom. The SMILES string of the molecule is C[Si](C)(C)OC1COC(=O)C1O[Si](C)(C)C. The van der Waals surface area contributed by atoms with Crippen molar-refractivity contribution in [1.82, 2.24) is 0 Å². The van der Waals surface area contributed by atoms with Crippen LogP contribution in [0.4, 0.5) is 0 Å². The summed E-state index contributed by atoms with van der Waals surface area (Å²) in [5.74, 6) is -0.273. The van der Waals surface area contributed by atoms with Crippen molar-refractivity contribution in [3.8, 4) is 0 Å². The van der Waals surface area contributed by atoms with E-state index in [1.807, 2.05) is 0 Å². The summed E-state index contributed by atoms with van der Waals surface area (Å²) in [6, 6.07) is 0. The Labute approximate surface area is 99.5 Å². The average molecular weight is 262 g/mol. The predicted octanol–water partition coefficient (Wildman–Crippen LogP) is 1.98. The number of esters is 1. The molecule has 0 aromatic carbocycles. The molecule has 1 saturated heterocycles. The molecule has 1 heterocycles. The number of ether oxygens (including phenoxy) is 1. The highest BCUT2D eigenvalue weighted by molar-refractivity contribution is 6.70. The summed E-state index contributed by atoms with van der Waals surface area (Å²) in [7, 11) is -3.41. The number of rotatable bonds is 4. The number of hydrogen-bond acceptors (Lipinski definition) is 4. The van der Waals surface area contributed by atoms with Crippen LogP contribution in [0.25, 0.3) is 0 Å². The summed E-state index contributed by atoms with van der Waals surface area (Å²) in [5, 5.41) is 0. The predicted molar refractivity (Wildman–Crippen MR) is 67.4 cm³/mol. The molecule has 94 valence electrons. The van der Waals surface area contributed by atoms with E-state index in [0.717, 1.165) is 0 Å². The molecule has 0 aliphatic carbocycles. The van der Waals surface area contributed by atoms with Crippen LogP contribution in [0.3, 0.4) is 0 Å². The molecule has 0 radical (unpaired) electrons. The highest BCUT2D eigenvalue weighted by atomic mass is 28.4. The molecule has 1 rings (SSSR count). The molecule has 0 spiro atoms. The summed E-state index contributed by atoms with van der Waals surface area (Å²) in [6.45, 7) is 12.8.